The number of nitro groups is 1. The second-order valence-electron chi connectivity index (χ2n) is 5.17. The van der Waals surface area contributed by atoms with Crippen molar-refractivity contribution in [2.75, 3.05) is 17.7 Å². The number of thioether (sulfide) groups is 1. The number of halogens is 2. The van der Waals surface area contributed by atoms with Crippen molar-refractivity contribution < 1.29 is 19.2 Å². The first-order chi connectivity index (χ1) is 13.3. The van der Waals surface area contributed by atoms with Crippen LogP contribution in [0.25, 0.3) is 0 Å². The second-order valence-corrected chi connectivity index (χ2v) is 7.03. The molecule has 0 aromatic heterocycles. The van der Waals surface area contributed by atoms with Crippen LogP contribution in [0.3, 0.4) is 0 Å². The van der Waals surface area contributed by atoms with Crippen LogP contribution in [-0.4, -0.2) is 29.2 Å². The number of ether oxygens (including phenoxy) is 1. The van der Waals surface area contributed by atoms with Gasteiger partial charge in [0, 0.05) is 22.1 Å². The molecule has 0 unspecified atom stereocenters. The lowest BCUT2D eigenvalue weighted by atomic mass is 10.1. The van der Waals surface area contributed by atoms with E-state index in [4.69, 9.17) is 33.2 Å². The Balaban J connectivity index is 1.87. The summed E-state index contributed by atoms with van der Waals surface area (Å²) in [4.78, 5) is 34.3. The molecule has 0 bridgehead atoms. The molecule has 0 atom stereocenters. The fourth-order valence-electron chi connectivity index (χ4n) is 1.95. The minimum atomic E-state index is -0.690. The Morgan fingerprint density at radius 3 is 2.68 bits per heavy atom. The molecule has 0 spiro atoms. The quantitative estimate of drug-likeness (QED) is 0.298. The molecule has 144 valence electrons. The van der Waals surface area contributed by atoms with E-state index in [-0.39, 0.29) is 22.7 Å². The van der Waals surface area contributed by atoms with E-state index in [0.717, 1.165) is 23.9 Å². The number of nitrogens with zero attached hydrogens (tertiary/aromatic N) is 2. The lowest BCUT2D eigenvalue weighted by Gasteiger charge is -2.08. The van der Waals surface area contributed by atoms with Crippen LogP contribution in [0.15, 0.2) is 41.3 Å². The fraction of sp³-hybridized carbons (Fsp3) is 0.118. The molecule has 0 aliphatic rings. The van der Waals surface area contributed by atoms with Crippen molar-refractivity contribution in [1.82, 2.24) is 0 Å². The summed E-state index contributed by atoms with van der Waals surface area (Å²) in [6.45, 7) is -0.579. The molecular weight excluding hydrogens is 429 g/mol. The van der Waals surface area contributed by atoms with E-state index in [1.54, 1.807) is 24.3 Å². The topological polar surface area (TPSA) is 122 Å². The summed E-state index contributed by atoms with van der Waals surface area (Å²) in [5.41, 5.74) is -0.285. The molecule has 1 N–H and O–H groups in total. The third-order valence-corrected chi connectivity index (χ3v) is 4.92. The number of rotatable bonds is 7. The Morgan fingerprint density at radius 1 is 1.25 bits per heavy atom. The van der Waals surface area contributed by atoms with Crippen LogP contribution >= 0.6 is 35.0 Å². The van der Waals surface area contributed by atoms with E-state index in [9.17, 15) is 19.7 Å². The van der Waals surface area contributed by atoms with Gasteiger partial charge in [-0.2, -0.15) is 5.26 Å². The van der Waals surface area contributed by atoms with E-state index in [0.29, 0.717) is 14.9 Å². The maximum atomic E-state index is 11.9. The normalized spacial score (nSPS) is 10.0. The Labute approximate surface area is 173 Å². The van der Waals surface area contributed by atoms with Crippen molar-refractivity contribution in [1.29, 1.82) is 5.26 Å². The Morgan fingerprint density at radius 2 is 2.00 bits per heavy atom. The molecule has 0 aliphatic carbocycles. The molecule has 0 aliphatic heterocycles. The van der Waals surface area contributed by atoms with Gasteiger partial charge < -0.3 is 10.1 Å². The number of benzene rings is 2. The van der Waals surface area contributed by atoms with Gasteiger partial charge in [-0.05, 0) is 24.3 Å². The van der Waals surface area contributed by atoms with E-state index >= 15 is 0 Å². The zero-order valence-electron chi connectivity index (χ0n) is 14.0. The first-order valence-electron chi connectivity index (χ1n) is 7.52. The zero-order chi connectivity index (χ0) is 20.7. The third-order valence-electron chi connectivity index (χ3n) is 3.21. The van der Waals surface area contributed by atoms with E-state index in [1.807, 2.05) is 0 Å². The summed E-state index contributed by atoms with van der Waals surface area (Å²) in [7, 11) is 0. The van der Waals surface area contributed by atoms with Crippen molar-refractivity contribution in [2.45, 2.75) is 4.90 Å². The minimum Gasteiger partial charge on any atom is -0.455 e. The predicted octanol–water partition coefficient (Wildman–Crippen LogP) is 4.05. The van der Waals surface area contributed by atoms with Crippen molar-refractivity contribution >= 4 is 58.2 Å². The van der Waals surface area contributed by atoms with Crippen LogP contribution < -0.4 is 5.32 Å². The molecule has 0 saturated heterocycles. The molecule has 1 amide bonds. The fourth-order valence-corrected chi connectivity index (χ4v) is 3.24. The molecule has 0 fully saturated rings. The average molecular weight is 440 g/mol. The van der Waals surface area contributed by atoms with Crippen molar-refractivity contribution in [3.05, 3.63) is 62.1 Å². The highest BCUT2D eigenvalue weighted by Crippen LogP contribution is 2.29. The number of anilines is 1. The summed E-state index contributed by atoms with van der Waals surface area (Å²) in [5, 5.41) is 23.0. The molecule has 0 heterocycles. The van der Waals surface area contributed by atoms with Gasteiger partial charge in [-0.25, -0.2) is 0 Å². The number of hydrogen-bond acceptors (Lipinski definition) is 7. The number of nitro benzene ring substituents is 1. The van der Waals surface area contributed by atoms with Gasteiger partial charge in [0.1, 0.15) is 6.07 Å². The maximum Gasteiger partial charge on any atom is 0.316 e. The highest BCUT2D eigenvalue weighted by atomic mass is 35.5. The van der Waals surface area contributed by atoms with E-state index in [1.165, 1.54) is 6.07 Å². The lowest BCUT2D eigenvalue weighted by molar-refractivity contribution is -0.384. The highest BCUT2D eigenvalue weighted by molar-refractivity contribution is 8.00. The molecule has 11 heteroatoms. The van der Waals surface area contributed by atoms with E-state index < -0.39 is 23.4 Å². The van der Waals surface area contributed by atoms with Crippen LogP contribution in [0.5, 0.6) is 0 Å². The third kappa shape index (κ3) is 6.13. The summed E-state index contributed by atoms with van der Waals surface area (Å²) < 4.78 is 4.86. The molecule has 0 saturated carbocycles. The highest BCUT2D eigenvalue weighted by Gasteiger charge is 2.14. The van der Waals surface area contributed by atoms with Gasteiger partial charge in [-0.3, -0.25) is 19.7 Å². The Bertz CT molecular complexity index is 978. The standard InChI is InChI=1S/C17H11Cl2N3O5S/c18-11-1-3-13(19)15(6-11)28-9-17(24)27-8-16(23)21-14-4-2-12(22(25)26)5-10(14)7-20/h1-6H,8-9H2,(H,21,23). The Kier molecular flexibility index (Phi) is 7.63. The Hall–Kier alpha value is -2.80. The van der Waals surface area contributed by atoms with Gasteiger partial charge in [-0.15, -0.1) is 11.8 Å². The van der Waals surface area contributed by atoms with Crippen LogP contribution in [0.4, 0.5) is 11.4 Å². The number of carbonyl (C=O) groups excluding carboxylic acids is 2. The SMILES string of the molecule is N#Cc1cc([N+](=O)[O-])ccc1NC(=O)COC(=O)CSc1cc(Cl)ccc1Cl. The molecule has 8 nitrogen and oxygen atoms in total. The molecule has 2 aromatic carbocycles. The van der Waals surface area contributed by atoms with Gasteiger partial charge in [0.2, 0.25) is 0 Å². The van der Waals surface area contributed by atoms with Gasteiger partial charge in [0.15, 0.2) is 6.61 Å². The first-order valence-corrected chi connectivity index (χ1v) is 9.26. The zero-order valence-corrected chi connectivity index (χ0v) is 16.3. The number of hydrogen-bond donors (Lipinski definition) is 1. The second kappa shape index (κ2) is 9.94. The van der Waals surface area contributed by atoms with Crippen LogP contribution in [0, 0.1) is 21.4 Å². The number of nitrogens with one attached hydrogen (secondary N) is 1. The molecule has 2 aromatic rings. The van der Waals surface area contributed by atoms with Crippen molar-refractivity contribution in [2.24, 2.45) is 0 Å². The van der Waals surface area contributed by atoms with Crippen LogP contribution in [-0.2, 0) is 14.3 Å². The molecule has 2 rings (SSSR count). The smallest absolute Gasteiger partial charge is 0.316 e. The van der Waals surface area contributed by atoms with Crippen LogP contribution in [0.1, 0.15) is 5.56 Å². The van der Waals surface area contributed by atoms with Crippen LogP contribution in [0.2, 0.25) is 10.0 Å². The number of amides is 1. The molecular formula is C17H11Cl2N3O5S. The summed E-state index contributed by atoms with van der Waals surface area (Å²) in [6.07, 6.45) is 0. The summed E-state index contributed by atoms with van der Waals surface area (Å²) in [5.74, 6) is -1.43. The predicted molar refractivity (Wildman–Crippen MR) is 105 cm³/mol. The lowest BCUT2D eigenvalue weighted by Crippen LogP contribution is -2.22. The summed E-state index contributed by atoms with van der Waals surface area (Å²) >= 11 is 13.0. The average Bonchev–Trinajstić information content (AvgIpc) is 2.67. The monoisotopic (exact) mass is 439 g/mol. The summed E-state index contributed by atoms with van der Waals surface area (Å²) in [6, 6.07) is 9.99. The largest absolute Gasteiger partial charge is 0.455 e. The van der Waals surface area contributed by atoms with Gasteiger partial charge >= 0.3 is 5.97 Å². The maximum absolute atomic E-state index is 11.9. The number of non-ortho nitro benzene ring substituents is 1. The minimum absolute atomic E-state index is 0.0780. The molecule has 0 radical (unpaired) electrons. The number of esters is 1. The first kappa shape index (κ1) is 21.5. The van der Waals surface area contributed by atoms with Crippen molar-refractivity contribution in [3.8, 4) is 6.07 Å². The number of carbonyl (C=O) groups is 2. The van der Waals surface area contributed by atoms with Gasteiger partial charge in [0.05, 0.1) is 26.9 Å². The van der Waals surface area contributed by atoms with Crippen molar-refractivity contribution in [3.63, 3.8) is 0 Å². The van der Waals surface area contributed by atoms with Gasteiger partial charge in [0.25, 0.3) is 11.6 Å². The van der Waals surface area contributed by atoms with Gasteiger partial charge in [-0.1, -0.05) is 23.2 Å². The number of nitriles is 1. The van der Waals surface area contributed by atoms with E-state index in [2.05, 4.69) is 5.32 Å². The molecule has 28 heavy (non-hydrogen) atoms.